The summed E-state index contributed by atoms with van der Waals surface area (Å²) in [6.07, 6.45) is 2.54. The van der Waals surface area contributed by atoms with Crippen molar-refractivity contribution in [2.24, 2.45) is 0 Å². The zero-order valence-electron chi connectivity index (χ0n) is 10.9. The van der Waals surface area contributed by atoms with E-state index in [1.54, 1.807) is 4.88 Å². The quantitative estimate of drug-likeness (QED) is 0.786. The van der Waals surface area contributed by atoms with Gasteiger partial charge in [0.2, 0.25) is 0 Å². The lowest BCUT2D eigenvalue weighted by molar-refractivity contribution is 0.206. The van der Waals surface area contributed by atoms with Crippen molar-refractivity contribution in [2.45, 2.75) is 25.3 Å². The number of hydrogen-bond donors (Lipinski definition) is 0. The summed E-state index contributed by atoms with van der Waals surface area (Å²) in [7, 11) is 0. The highest BCUT2D eigenvalue weighted by atomic mass is 35.5. The van der Waals surface area contributed by atoms with Crippen molar-refractivity contribution in [3.63, 3.8) is 0 Å². The minimum atomic E-state index is 0.766. The maximum Gasteiger partial charge on any atom is 0.0451 e. The van der Waals surface area contributed by atoms with E-state index in [2.05, 4.69) is 34.5 Å². The zero-order valence-corrected chi connectivity index (χ0v) is 12.5. The topological polar surface area (TPSA) is 3.24 Å². The molecular weight excluding hydrogens is 274 g/mol. The Kier molecular flexibility index (Phi) is 4.21. The Morgan fingerprint density at radius 2 is 1.89 bits per heavy atom. The van der Waals surface area contributed by atoms with Crippen LogP contribution < -0.4 is 0 Å². The van der Waals surface area contributed by atoms with E-state index in [1.165, 1.54) is 31.5 Å². The van der Waals surface area contributed by atoms with Crippen molar-refractivity contribution in [3.8, 4) is 0 Å². The minimum absolute atomic E-state index is 0.766. The minimum Gasteiger partial charge on any atom is -0.299 e. The maximum absolute atomic E-state index is 6.23. The third-order valence-electron chi connectivity index (χ3n) is 3.88. The molecule has 1 saturated heterocycles. The Morgan fingerprint density at radius 3 is 2.58 bits per heavy atom. The molecule has 0 radical (unpaired) electrons. The third-order valence-corrected chi connectivity index (χ3v) is 5.29. The van der Waals surface area contributed by atoms with Crippen LogP contribution in [-0.2, 0) is 6.54 Å². The molecule has 1 aliphatic heterocycles. The predicted octanol–water partition coefficient (Wildman–Crippen LogP) is 4.78. The van der Waals surface area contributed by atoms with Gasteiger partial charge in [0.25, 0.3) is 0 Å². The van der Waals surface area contributed by atoms with E-state index in [4.69, 9.17) is 11.6 Å². The van der Waals surface area contributed by atoms with Crippen LogP contribution in [0.25, 0.3) is 0 Å². The molecule has 19 heavy (non-hydrogen) atoms. The molecule has 0 aliphatic carbocycles. The van der Waals surface area contributed by atoms with Gasteiger partial charge in [-0.2, -0.15) is 0 Å². The molecule has 1 fully saturated rings. The molecular formula is C16H18ClNS. The van der Waals surface area contributed by atoms with E-state index in [9.17, 15) is 0 Å². The summed E-state index contributed by atoms with van der Waals surface area (Å²) in [5, 5.41) is 3.08. The van der Waals surface area contributed by atoms with Crippen molar-refractivity contribution in [3.05, 3.63) is 57.2 Å². The van der Waals surface area contributed by atoms with Crippen molar-refractivity contribution < 1.29 is 0 Å². The van der Waals surface area contributed by atoms with Crippen LogP contribution in [0, 0.1) is 0 Å². The monoisotopic (exact) mass is 291 g/mol. The second kappa shape index (κ2) is 6.08. The van der Waals surface area contributed by atoms with Gasteiger partial charge in [-0.05, 0) is 54.9 Å². The lowest BCUT2D eigenvalue weighted by Crippen LogP contribution is -2.32. The fraction of sp³-hybridized carbons (Fsp3) is 0.375. The molecule has 1 nitrogen and oxygen atoms in total. The molecule has 1 aliphatic rings. The van der Waals surface area contributed by atoms with Gasteiger partial charge < -0.3 is 0 Å². The summed E-state index contributed by atoms with van der Waals surface area (Å²) >= 11 is 8.13. The summed E-state index contributed by atoms with van der Waals surface area (Å²) in [5.41, 5.74) is 1.25. The molecule has 2 aromatic rings. The molecule has 2 heterocycles. The van der Waals surface area contributed by atoms with Crippen molar-refractivity contribution in [1.82, 2.24) is 4.90 Å². The van der Waals surface area contributed by atoms with Crippen LogP contribution in [0.4, 0.5) is 0 Å². The van der Waals surface area contributed by atoms with Gasteiger partial charge in [-0.1, -0.05) is 35.9 Å². The average Bonchev–Trinajstić information content (AvgIpc) is 2.96. The van der Waals surface area contributed by atoms with E-state index in [-0.39, 0.29) is 0 Å². The molecule has 0 N–H and O–H groups in total. The number of piperidine rings is 1. The largest absolute Gasteiger partial charge is 0.299 e. The Balaban J connectivity index is 1.57. The second-order valence-electron chi connectivity index (χ2n) is 5.16. The van der Waals surface area contributed by atoms with Crippen LogP contribution in [-0.4, -0.2) is 18.0 Å². The third kappa shape index (κ3) is 3.19. The molecule has 3 heteroatoms. The fourth-order valence-corrected chi connectivity index (χ4v) is 3.86. The lowest BCUT2D eigenvalue weighted by Gasteiger charge is -2.31. The predicted molar refractivity (Wildman–Crippen MR) is 83.0 cm³/mol. The average molecular weight is 292 g/mol. The van der Waals surface area contributed by atoms with Gasteiger partial charge in [0.05, 0.1) is 0 Å². The number of thiophene rings is 1. The number of hydrogen-bond acceptors (Lipinski definition) is 2. The number of rotatable bonds is 3. The van der Waals surface area contributed by atoms with Gasteiger partial charge in [0.15, 0.2) is 0 Å². The SMILES string of the molecule is Clc1ccccc1CN1CCC(c2cccs2)CC1. The molecule has 3 rings (SSSR count). The van der Waals surface area contributed by atoms with Crippen LogP contribution in [0.2, 0.25) is 5.02 Å². The summed E-state index contributed by atoms with van der Waals surface area (Å²) in [4.78, 5) is 4.07. The maximum atomic E-state index is 6.23. The van der Waals surface area contributed by atoms with Crippen LogP contribution in [0.3, 0.4) is 0 Å². The number of likely N-dealkylation sites (tertiary alicyclic amines) is 1. The molecule has 0 unspecified atom stereocenters. The standard InChI is InChI=1S/C16H18ClNS/c17-15-5-2-1-4-14(15)12-18-9-7-13(8-10-18)16-6-3-11-19-16/h1-6,11,13H,7-10,12H2. The molecule has 0 bridgehead atoms. The van der Waals surface area contributed by atoms with Gasteiger partial charge in [0.1, 0.15) is 0 Å². The summed E-state index contributed by atoms with van der Waals surface area (Å²) in [6, 6.07) is 12.6. The van der Waals surface area contributed by atoms with E-state index in [0.717, 1.165) is 17.5 Å². The summed E-state index contributed by atoms with van der Waals surface area (Å²) in [6.45, 7) is 3.33. The van der Waals surface area contributed by atoms with Gasteiger partial charge in [-0.3, -0.25) is 4.90 Å². The zero-order chi connectivity index (χ0) is 13.1. The number of benzene rings is 1. The van der Waals surface area contributed by atoms with Crippen molar-refractivity contribution >= 4 is 22.9 Å². The number of halogens is 1. The van der Waals surface area contributed by atoms with Gasteiger partial charge >= 0.3 is 0 Å². The number of nitrogens with zero attached hydrogens (tertiary/aromatic N) is 1. The molecule has 0 atom stereocenters. The fourth-order valence-electron chi connectivity index (χ4n) is 2.77. The Morgan fingerprint density at radius 1 is 1.11 bits per heavy atom. The highest BCUT2D eigenvalue weighted by Gasteiger charge is 2.21. The van der Waals surface area contributed by atoms with E-state index in [0.29, 0.717) is 0 Å². The van der Waals surface area contributed by atoms with E-state index >= 15 is 0 Å². The first-order valence-corrected chi connectivity index (χ1v) is 8.08. The molecule has 0 spiro atoms. The summed E-state index contributed by atoms with van der Waals surface area (Å²) in [5.74, 6) is 0.766. The lowest BCUT2D eigenvalue weighted by atomic mass is 9.95. The van der Waals surface area contributed by atoms with Gasteiger partial charge in [-0.15, -0.1) is 11.3 Å². The Bertz CT molecular complexity index is 515. The normalized spacial score (nSPS) is 17.7. The second-order valence-corrected chi connectivity index (χ2v) is 6.54. The van der Waals surface area contributed by atoms with Gasteiger partial charge in [0, 0.05) is 16.4 Å². The molecule has 1 aromatic carbocycles. The van der Waals surface area contributed by atoms with Crippen molar-refractivity contribution in [1.29, 1.82) is 0 Å². The molecule has 0 saturated carbocycles. The molecule has 0 amide bonds. The van der Waals surface area contributed by atoms with Crippen LogP contribution in [0.5, 0.6) is 0 Å². The Hall–Kier alpha value is -0.830. The molecule has 1 aromatic heterocycles. The van der Waals surface area contributed by atoms with Crippen LogP contribution >= 0.6 is 22.9 Å². The first-order valence-electron chi connectivity index (χ1n) is 6.82. The molecule has 100 valence electrons. The first-order chi connectivity index (χ1) is 9.33. The summed E-state index contributed by atoms with van der Waals surface area (Å²) < 4.78 is 0. The van der Waals surface area contributed by atoms with Crippen LogP contribution in [0.1, 0.15) is 29.2 Å². The van der Waals surface area contributed by atoms with Gasteiger partial charge in [-0.25, -0.2) is 0 Å². The Labute approximate surface area is 123 Å². The first kappa shape index (κ1) is 13.2. The van der Waals surface area contributed by atoms with Crippen LogP contribution in [0.15, 0.2) is 41.8 Å². The highest BCUT2D eigenvalue weighted by molar-refractivity contribution is 7.10. The smallest absolute Gasteiger partial charge is 0.0451 e. The van der Waals surface area contributed by atoms with E-state index in [1.807, 2.05) is 23.5 Å². The van der Waals surface area contributed by atoms with Crippen molar-refractivity contribution in [2.75, 3.05) is 13.1 Å². The van der Waals surface area contributed by atoms with E-state index < -0.39 is 0 Å². The highest BCUT2D eigenvalue weighted by Crippen LogP contribution is 2.31.